The normalized spacial score (nSPS) is 16.2. The summed E-state index contributed by atoms with van der Waals surface area (Å²) >= 11 is 0. The van der Waals surface area contributed by atoms with Gasteiger partial charge in [-0.25, -0.2) is 4.79 Å². The van der Waals surface area contributed by atoms with Crippen molar-refractivity contribution < 1.29 is 19.0 Å². The molecule has 1 aromatic carbocycles. The number of pyridine rings is 1. The summed E-state index contributed by atoms with van der Waals surface area (Å²) in [5.41, 5.74) is 2.00. The molecular weight excluding hydrogens is 308 g/mol. The average Bonchev–Trinajstić information content (AvgIpc) is 3.02. The number of anilines is 1. The van der Waals surface area contributed by atoms with Crippen molar-refractivity contribution in [3.63, 3.8) is 0 Å². The molecule has 2 aromatic rings. The standard InChI is InChI=1S/C18H22N2O4/c1-3-22-17(21)14-12-20-15-7-5-4-6-13(15)16(14)19-9-8-18(2)23-10-11-24-18/h4-7,12H,3,8-11H2,1-2H3,(H,19,20). The van der Waals surface area contributed by atoms with Crippen molar-refractivity contribution in [2.75, 3.05) is 31.7 Å². The molecule has 0 aliphatic carbocycles. The Morgan fingerprint density at radius 3 is 2.83 bits per heavy atom. The van der Waals surface area contributed by atoms with E-state index in [1.807, 2.05) is 31.2 Å². The molecule has 1 saturated heterocycles. The number of fused-ring (bicyclic) bond motifs is 1. The van der Waals surface area contributed by atoms with Crippen molar-refractivity contribution in [3.05, 3.63) is 36.0 Å². The molecular formula is C18H22N2O4. The highest BCUT2D eigenvalue weighted by molar-refractivity contribution is 6.04. The van der Waals surface area contributed by atoms with E-state index in [1.165, 1.54) is 0 Å². The van der Waals surface area contributed by atoms with Crippen LogP contribution in [0.3, 0.4) is 0 Å². The number of rotatable bonds is 6. The van der Waals surface area contributed by atoms with Crippen LogP contribution >= 0.6 is 0 Å². The van der Waals surface area contributed by atoms with Gasteiger partial charge in [0.1, 0.15) is 5.56 Å². The molecule has 0 amide bonds. The number of carbonyl (C=O) groups excluding carboxylic acids is 1. The molecule has 0 bridgehead atoms. The predicted molar refractivity (Wildman–Crippen MR) is 91.1 cm³/mol. The van der Waals surface area contributed by atoms with Crippen LogP contribution in [0.25, 0.3) is 10.9 Å². The van der Waals surface area contributed by atoms with Crippen LogP contribution in [0.1, 0.15) is 30.6 Å². The lowest BCUT2D eigenvalue weighted by molar-refractivity contribution is -0.144. The van der Waals surface area contributed by atoms with Gasteiger partial charge in [-0.15, -0.1) is 0 Å². The topological polar surface area (TPSA) is 69.7 Å². The molecule has 3 rings (SSSR count). The van der Waals surface area contributed by atoms with Crippen LogP contribution in [-0.4, -0.2) is 43.1 Å². The molecule has 24 heavy (non-hydrogen) atoms. The minimum Gasteiger partial charge on any atom is -0.462 e. The summed E-state index contributed by atoms with van der Waals surface area (Å²) < 4.78 is 16.4. The second-order valence-electron chi connectivity index (χ2n) is 5.79. The summed E-state index contributed by atoms with van der Waals surface area (Å²) in [7, 11) is 0. The molecule has 0 radical (unpaired) electrons. The molecule has 0 saturated carbocycles. The highest BCUT2D eigenvalue weighted by Crippen LogP contribution is 2.28. The number of hydrogen-bond acceptors (Lipinski definition) is 6. The van der Waals surface area contributed by atoms with Crippen molar-refractivity contribution >= 4 is 22.6 Å². The monoisotopic (exact) mass is 330 g/mol. The smallest absolute Gasteiger partial charge is 0.341 e. The summed E-state index contributed by atoms with van der Waals surface area (Å²) in [4.78, 5) is 16.6. The Kier molecular flexibility index (Phi) is 4.97. The molecule has 128 valence electrons. The fourth-order valence-corrected chi connectivity index (χ4v) is 2.81. The Bertz CT molecular complexity index is 726. The lowest BCUT2D eigenvalue weighted by atomic mass is 10.1. The van der Waals surface area contributed by atoms with Crippen molar-refractivity contribution in [1.29, 1.82) is 0 Å². The van der Waals surface area contributed by atoms with Gasteiger partial charge in [-0.05, 0) is 19.9 Å². The lowest BCUT2D eigenvalue weighted by Crippen LogP contribution is -2.28. The van der Waals surface area contributed by atoms with Gasteiger partial charge in [-0.2, -0.15) is 0 Å². The Labute approximate surface area is 141 Å². The van der Waals surface area contributed by atoms with E-state index >= 15 is 0 Å². The summed E-state index contributed by atoms with van der Waals surface area (Å²) in [6.07, 6.45) is 2.23. The summed E-state index contributed by atoms with van der Waals surface area (Å²) in [5.74, 6) is -0.947. The fraction of sp³-hybridized carbons (Fsp3) is 0.444. The van der Waals surface area contributed by atoms with Gasteiger partial charge in [0.05, 0.1) is 31.0 Å². The number of ether oxygens (including phenoxy) is 3. The first-order valence-corrected chi connectivity index (χ1v) is 8.19. The molecule has 2 heterocycles. The number of carbonyl (C=O) groups is 1. The Morgan fingerprint density at radius 2 is 2.08 bits per heavy atom. The third-order valence-corrected chi connectivity index (χ3v) is 4.05. The maximum Gasteiger partial charge on any atom is 0.341 e. The van der Waals surface area contributed by atoms with E-state index < -0.39 is 5.79 Å². The van der Waals surface area contributed by atoms with Gasteiger partial charge in [-0.3, -0.25) is 4.98 Å². The number of aromatic nitrogens is 1. The minimum absolute atomic E-state index is 0.324. The zero-order valence-corrected chi connectivity index (χ0v) is 14.0. The third-order valence-electron chi connectivity index (χ3n) is 4.05. The van der Waals surface area contributed by atoms with Gasteiger partial charge in [0, 0.05) is 24.5 Å². The van der Waals surface area contributed by atoms with Gasteiger partial charge in [-0.1, -0.05) is 18.2 Å². The molecule has 1 N–H and O–H groups in total. The maximum absolute atomic E-state index is 12.2. The van der Waals surface area contributed by atoms with E-state index in [2.05, 4.69) is 10.3 Å². The maximum atomic E-state index is 12.2. The Morgan fingerprint density at radius 1 is 1.33 bits per heavy atom. The molecule has 1 aromatic heterocycles. The Balaban J connectivity index is 1.85. The molecule has 1 fully saturated rings. The molecule has 6 heteroatoms. The number of esters is 1. The molecule has 1 aliphatic rings. The van der Waals surface area contributed by atoms with E-state index in [0.29, 0.717) is 38.3 Å². The molecule has 1 aliphatic heterocycles. The molecule has 0 spiro atoms. The number of hydrogen-bond donors (Lipinski definition) is 1. The van der Waals surface area contributed by atoms with E-state index in [0.717, 1.165) is 16.6 Å². The second-order valence-corrected chi connectivity index (χ2v) is 5.79. The van der Waals surface area contributed by atoms with Gasteiger partial charge in [0.15, 0.2) is 5.79 Å². The molecule has 0 atom stereocenters. The van der Waals surface area contributed by atoms with Gasteiger partial charge < -0.3 is 19.5 Å². The second kappa shape index (κ2) is 7.15. The van der Waals surface area contributed by atoms with Gasteiger partial charge >= 0.3 is 5.97 Å². The van der Waals surface area contributed by atoms with Crippen molar-refractivity contribution in [3.8, 4) is 0 Å². The fourth-order valence-electron chi connectivity index (χ4n) is 2.81. The van der Waals surface area contributed by atoms with Crippen LogP contribution in [0, 0.1) is 0 Å². The first-order valence-electron chi connectivity index (χ1n) is 8.19. The van der Waals surface area contributed by atoms with Gasteiger partial charge in [0.25, 0.3) is 0 Å². The van der Waals surface area contributed by atoms with Crippen LogP contribution < -0.4 is 5.32 Å². The number of benzene rings is 1. The van der Waals surface area contributed by atoms with Crippen LogP contribution in [0.4, 0.5) is 5.69 Å². The summed E-state index contributed by atoms with van der Waals surface area (Å²) in [6, 6.07) is 7.71. The number of nitrogens with one attached hydrogen (secondary N) is 1. The summed E-state index contributed by atoms with van der Waals surface area (Å²) in [5, 5.41) is 4.24. The van der Waals surface area contributed by atoms with Crippen molar-refractivity contribution in [1.82, 2.24) is 4.98 Å². The zero-order valence-electron chi connectivity index (χ0n) is 14.0. The van der Waals surface area contributed by atoms with Crippen LogP contribution in [0.5, 0.6) is 0 Å². The van der Waals surface area contributed by atoms with E-state index in [9.17, 15) is 4.79 Å². The number of nitrogens with zero attached hydrogens (tertiary/aromatic N) is 1. The number of para-hydroxylation sites is 1. The van der Waals surface area contributed by atoms with E-state index in [1.54, 1.807) is 13.1 Å². The predicted octanol–water partition coefficient (Wildman–Crippen LogP) is 2.98. The van der Waals surface area contributed by atoms with Crippen molar-refractivity contribution in [2.45, 2.75) is 26.1 Å². The lowest BCUT2D eigenvalue weighted by Gasteiger charge is -2.23. The van der Waals surface area contributed by atoms with E-state index in [-0.39, 0.29) is 5.97 Å². The van der Waals surface area contributed by atoms with Crippen LogP contribution in [-0.2, 0) is 14.2 Å². The highest BCUT2D eigenvalue weighted by atomic mass is 16.7. The van der Waals surface area contributed by atoms with Crippen molar-refractivity contribution in [2.24, 2.45) is 0 Å². The van der Waals surface area contributed by atoms with Gasteiger partial charge in [0.2, 0.25) is 0 Å². The third kappa shape index (κ3) is 3.49. The first-order chi connectivity index (χ1) is 11.6. The quantitative estimate of drug-likeness (QED) is 0.821. The van der Waals surface area contributed by atoms with E-state index in [4.69, 9.17) is 14.2 Å². The minimum atomic E-state index is -0.570. The average molecular weight is 330 g/mol. The molecule has 6 nitrogen and oxygen atoms in total. The highest BCUT2D eigenvalue weighted by Gasteiger charge is 2.30. The van der Waals surface area contributed by atoms with Crippen LogP contribution in [0.2, 0.25) is 0 Å². The zero-order chi connectivity index (χ0) is 17.0. The summed E-state index contributed by atoms with van der Waals surface area (Å²) in [6.45, 7) is 5.88. The van der Waals surface area contributed by atoms with Crippen LogP contribution in [0.15, 0.2) is 30.5 Å². The Hall–Kier alpha value is -2.18. The first kappa shape index (κ1) is 16.7. The SMILES string of the molecule is CCOC(=O)c1cnc2ccccc2c1NCCC1(C)OCCO1. The molecule has 0 unspecified atom stereocenters. The largest absolute Gasteiger partial charge is 0.462 e.